The first-order valence-electron chi connectivity index (χ1n) is 6.97. The fraction of sp³-hybridized carbons (Fsp3) is 0.188. The highest BCUT2D eigenvalue weighted by atomic mass is 35.5. The van der Waals surface area contributed by atoms with Gasteiger partial charge in [-0.1, -0.05) is 17.7 Å². The van der Waals surface area contributed by atoms with Crippen molar-refractivity contribution in [3.63, 3.8) is 0 Å². The van der Waals surface area contributed by atoms with E-state index < -0.39 is 11.7 Å². The Hall–Kier alpha value is -2.08. The molecule has 3 aromatic rings. The molecule has 0 aliphatic heterocycles. The highest BCUT2D eigenvalue weighted by molar-refractivity contribution is 6.31. The third-order valence-corrected chi connectivity index (χ3v) is 4.14. The van der Waals surface area contributed by atoms with Gasteiger partial charge in [0.1, 0.15) is 5.52 Å². The van der Waals surface area contributed by atoms with E-state index in [4.69, 9.17) is 11.6 Å². The van der Waals surface area contributed by atoms with Gasteiger partial charge in [-0.3, -0.25) is 9.67 Å². The lowest BCUT2D eigenvalue weighted by Gasteiger charge is -2.11. The summed E-state index contributed by atoms with van der Waals surface area (Å²) in [5, 5.41) is 3.97. The van der Waals surface area contributed by atoms with Crippen molar-refractivity contribution in [2.75, 3.05) is 0 Å². The van der Waals surface area contributed by atoms with Crippen LogP contribution in [0.3, 0.4) is 0 Å². The van der Waals surface area contributed by atoms with E-state index >= 15 is 0 Å². The Morgan fingerprint density at radius 3 is 2.61 bits per heavy atom. The zero-order valence-corrected chi connectivity index (χ0v) is 12.4. The number of fused-ring (bicyclic) bond motifs is 1. The number of halogens is 4. The smallest absolute Gasteiger partial charge is 0.260 e. The van der Waals surface area contributed by atoms with Gasteiger partial charge in [0.2, 0.25) is 0 Å². The summed E-state index contributed by atoms with van der Waals surface area (Å²) >= 11 is 5.67. The van der Waals surface area contributed by atoms with Gasteiger partial charge in [0.05, 0.1) is 28.3 Å². The molecule has 0 amide bonds. The van der Waals surface area contributed by atoms with Gasteiger partial charge >= 0.3 is 6.18 Å². The van der Waals surface area contributed by atoms with Crippen molar-refractivity contribution in [1.82, 2.24) is 14.8 Å². The quantitative estimate of drug-likeness (QED) is 0.665. The van der Waals surface area contributed by atoms with Gasteiger partial charge < -0.3 is 0 Å². The van der Waals surface area contributed by atoms with E-state index in [2.05, 4.69) is 16.5 Å². The van der Waals surface area contributed by atoms with E-state index in [-0.39, 0.29) is 11.1 Å². The van der Waals surface area contributed by atoms with E-state index in [0.717, 1.165) is 23.5 Å². The van der Waals surface area contributed by atoms with Crippen LogP contribution in [0, 0.1) is 6.42 Å². The summed E-state index contributed by atoms with van der Waals surface area (Å²) in [6.07, 6.45) is 1.77. The average molecular weight is 337 g/mol. The first-order chi connectivity index (χ1) is 10.9. The van der Waals surface area contributed by atoms with Crippen LogP contribution in [0.25, 0.3) is 22.2 Å². The topological polar surface area (TPSA) is 30.7 Å². The van der Waals surface area contributed by atoms with E-state index in [1.165, 1.54) is 6.07 Å². The largest absolute Gasteiger partial charge is 0.417 e. The Morgan fingerprint density at radius 2 is 1.91 bits per heavy atom. The lowest BCUT2D eigenvalue weighted by atomic mass is 10.0. The van der Waals surface area contributed by atoms with Crippen LogP contribution in [0.5, 0.6) is 0 Å². The molecule has 1 fully saturated rings. The molecule has 3 nitrogen and oxygen atoms in total. The molecule has 1 saturated carbocycles. The second-order valence-corrected chi connectivity index (χ2v) is 5.86. The number of rotatable bonds is 2. The van der Waals surface area contributed by atoms with Gasteiger partial charge in [-0.15, -0.1) is 0 Å². The Morgan fingerprint density at radius 1 is 1.13 bits per heavy atom. The van der Waals surface area contributed by atoms with Crippen LogP contribution in [0.15, 0.2) is 36.7 Å². The van der Waals surface area contributed by atoms with Gasteiger partial charge in [-0.25, -0.2) is 0 Å². The van der Waals surface area contributed by atoms with Crippen LogP contribution >= 0.6 is 11.6 Å². The third-order valence-electron chi connectivity index (χ3n) is 3.81. The average Bonchev–Trinajstić information content (AvgIpc) is 3.26. The van der Waals surface area contributed by atoms with Crippen molar-refractivity contribution in [1.29, 1.82) is 0 Å². The molecule has 1 atom stereocenters. The number of nitrogens with zero attached hydrogens (tertiary/aromatic N) is 3. The summed E-state index contributed by atoms with van der Waals surface area (Å²) in [6, 6.07) is 5.93. The Kier molecular flexibility index (Phi) is 3.13. The van der Waals surface area contributed by atoms with Gasteiger partial charge in [0.25, 0.3) is 0 Å². The molecule has 4 rings (SSSR count). The molecule has 0 bridgehead atoms. The summed E-state index contributed by atoms with van der Waals surface area (Å²) in [5.41, 5.74) is 1.70. The molecule has 0 spiro atoms. The van der Waals surface area contributed by atoms with Gasteiger partial charge in [-0.2, -0.15) is 18.3 Å². The van der Waals surface area contributed by atoms with Crippen LogP contribution < -0.4 is 0 Å². The number of alkyl halides is 3. The van der Waals surface area contributed by atoms with E-state index in [0.29, 0.717) is 11.1 Å². The second-order valence-electron chi connectivity index (χ2n) is 5.45. The van der Waals surface area contributed by atoms with Crippen molar-refractivity contribution < 1.29 is 13.2 Å². The summed E-state index contributed by atoms with van der Waals surface area (Å²) in [6.45, 7) is 0. The molecule has 117 valence electrons. The Balaban J connectivity index is 1.84. The minimum Gasteiger partial charge on any atom is -0.260 e. The molecule has 2 heterocycles. The van der Waals surface area contributed by atoms with Crippen LogP contribution in [-0.2, 0) is 6.18 Å². The molecule has 2 aromatic heterocycles. The number of hydrogen-bond donors (Lipinski definition) is 0. The molecule has 1 aliphatic carbocycles. The fourth-order valence-corrected chi connectivity index (χ4v) is 2.76. The van der Waals surface area contributed by atoms with Crippen LogP contribution in [0.1, 0.15) is 18.0 Å². The van der Waals surface area contributed by atoms with Crippen molar-refractivity contribution in [3.8, 4) is 11.1 Å². The standard InChI is InChI=1S/C16H10ClF3N3/c17-13-4-1-9(5-12(13)16(18,19)20)10-6-15-14(21-7-10)8-22-23(15)11-2-3-11/h1-2,4-8,11H,3H2. The molecule has 0 saturated heterocycles. The summed E-state index contributed by atoms with van der Waals surface area (Å²) < 4.78 is 40.9. The van der Waals surface area contributed by atoms with E-state index in [1.54, 1.807) is 18.5 Å². The second kappa shape index (κ2) is 4.96. The lowest BCUT2D eigenvalue weighted by Crippen LogP contribution is -2.06. The Bertz CT molecular complexity index is 897. The first-order valence-corrected chi connectivity index (χ1v) is 7.35. The van der Waals surface area contributed by atoms with Gasteiger partial charge in [0.15, 0.2) is 0 Å². The normalized spacial score (nSPS) is 15.3. The zero-order valence-electron chi connectivity index (χ0n) is 11.7. The van der Waals surface area contributed by atoms with Crippen LogP contribution in [-0.4, -0.2) is 14.8 Å². The van der Waals surface area contributed by atoms with E-state index in [1.807, 2.05) is 10.7 Å². The van der Waals surface area contributed by atoms with Crippen molar-refractivity contribution in [3.05, 3.63) is 53.7 Å². The van der Waals surface area contributed by atoms with Crippen LogP contribution in [0.2, 0.25) is 5.02 Å². The molecular formula is C16H10ClF3N3. The van der Waals surface area contributed by atoms with Crippen molar-refractivity contribution in [2.24, 2.45) is 0 Å². The summed E-state index contributed by atoms with van der Waals surface area (Å²) in [5.74, 6) is 0. The van der Waals surface area contributed by atoms with Crippen LogP contribution in [0.4, 0.5) is 13.2 Å². The maximum Gasteiger partial charge on any atom is 0.417 e. The number of hydrogen-bond acceptors (Lipinski definition) is 2. The summed E-state index contributed by atoms with van der Waals surface area (Å²) in [7, 11) is 0. The maximum absolute atomic E-state index is 13.0. The first kappa shape index (κ1) is 14.5. The highest BCUT2D eigenvalue weighted by Gasteiger charge is 2.33. The number of pyridine rings is 1. The van der Waals surface area contributed by atoms with Gasteiger partial charge in [-0.05, 0) is 36.6 Å². The SMILES string of the molecule is FC(F)(F)c1cc(-c2cnc3cnn(C4[CH]C4)c3c2)ccc1Cl. The minimum absolute atomic E-state index is 0.250. The monoisotopic (exact) mass is 336 g/mol. The predicted octanol–water partition coefficient (Wildman–Crippen LogP) is 4.92. The molecule has 23 heavy (non-hydrogen) atoms. The molecule has 1 aromatic carbocycles. The lowest BCUT2D eigenvalue weighted by molar-refractivity contribution is -0.137. The predicted molar refractivity (Wildman–Crippen MR) is 80.9 cm³/mol. The summed E-state index contributed by atoms with van der Waals surface area (Å²) in [4.78, 5) is 4.29. The van der Waals surface area contributed by atoms with Crippen molar-refractivity contribution >= 4 is 22.6 Å². The zero-order chi connectivity index (χ0) is 16.2. The molecule has 0 N–H and O–H groups in total. The molecule has 1 aliphatic rings. The highest BCUT2D eigenvalue weighted by Crippen LogP contribution is 2.38. The fourth-order valence-electron chi connectivity index (χ4n) is 2.53. The number of benzene rings is 1. The Labute approximate surface area is 134 Å². The third kappa shape index (κ3) is 2.57. The maximum atomic E-state index is 13.0. The van der Waals surface area contributed by atoms with Crippen molar-refractivity contribution in [2.45, 2.75) is 18.6 Å². The van der Waals surface area contributed by atoms with Gasteiger partial charge in [0, 0.05) is 11.8 Å². The molecule has 1 unspecified atom stereocenters. The minimum atomic E-state index is -4.49. The number of aromatic nitrogens is 3. The molecular weight excluding hydrogens is 327 g/mol. The molecule has 1 radical (unpaired) electrons. The van der Waals surface area contributed by atoms with E-state index in [9.17, 15) is 13.2 Å². The molecule has 7 heteroatoms.